The van der Waals surface area contributed by atoms with Gasteiger partial charge < -0.3 is 0 Å². The van der Waals surface area contributed by atoms with Crippen molar-refractivity contribution in [3.05, 3.63) is 35.7 Å². The molecule has 3 nitrogen and oxygen atoms in total. The molecule has 0 saturated carbocycles. The standard InChI is InChI=1S/C13H21N3/c1-10(2)7-12-5-6-13(15-8-12)16(14)9-11(3)4/h5-6,8-10H,7,14H2,1-4H3. The predicted molar refractivity (Wildman–Crippen MR) is 68.9 cm³/mol. The summed E-state index contributed by atoms with van der Waals surface area (Å²) in [5.74, 6) is 7.27. The Morgan fingerprint density at radius 3 is 2.56 bits per heavy atom. The molecule has 88 valence electrons. The number of anilines is 1. The number of aromatic nitrogens is 1. The minimum atomic E-state index is 0.652. The Labute approximate surface area is 98.0 Å². The molecular formula is C13H21N3. The van der Waals surface area contributed by atoms with E-state index in [9.17, 15) is 0 Å². The fraction of sp³-hybridized carbons (Fsp3) is 0.462. The first-order valence-corrected chi connectivity index (χ1v) is 5.63. The van der Waals surface area contributed by atoms with Gasteiger partial charge in [0.15, 0.2) is 0 Å². The van der Waals surface area contributed by atoms with E-state index >= 15 is 0 Å². The molecule has 0 fully saturated rings. The lowest BCUT2D eigenvalue weighted by Crippen LogP contribution is -2.25. The third kappa shape index (κ3) is 4.03. The van der Waals surface area contributed by atoms with Crippen molar-refractivity contribution in [3.63, 3.8) is 0 Å². The summed E-state index contributed by atoms with van der Waals surface area (Å²) in [6, 6.07) is 4.04. The van der Waals surface area contributed by atoms with Crippen molar-refractivity contribution in [2.75, 3.05) is 5.01 Å². The second kappa shape index (κ2) is 5.66. The highest BCUT2D eigenvalue weighted by Gasteiger charge is 2.02. The number of nitrogens with zero attached hydrogens (tertiary/aromatic N) is 2. The lowest BCUT2D eigenvalue weighted by Gasteiger charge is -2.13. The predicted octanol–water partition coefficient (Wildman–Crippen LogP) is 2.88. The molecule has 0 aromatic carbocycles. The summed E-state index contributed by atoms with van der Waals surface area (Å²) >= 11 is 0. The highest BCUT2D eigenvalue weighted by Crippen LogP contribution is 2.12. The Morgan fingerprint density at radius 2 is 2.12 bits per heavy atom. The highest BCUT2D eigenvalue weighted by atomic mass is 15.4. The monoisotopic (exact) mass is 219 g/mol. The molecule has 0 bridgehead atoms. The zero-order chi connectivity index (χ0) is 12.1. The van der Waals surface area contributed by atoms with Crippen LogP contribution in [0.1, 0.15) is 33.3 Å². The number of nitrogens with two attached hydrogens (primary N) is 1. The number of hydrazine groups is 1. The summed E-state index contributed by atoms with van der Waals surface area (Å²) in [6.45, 7) is 8.42. The minimum Gasteiger partial charge on any atom is -0.270 e. The molecule has 0 saturated heterocycles. The van der Waals surface area contributed by atoms with Gasteiger partial charge in [-0.05, 0) is 37.8 Å². The molecule has 0 unspecified atom stereocenters. The van der Waals surface area contributed by atoms with E-state index in [0.29, 0.717) is 5.92 Å². The largest absolute Gasteiger partial charge is 0.270 e. The molecule has 2 N–H and O–H groups in total. The summed E-state index contributed by atoms with van der Waals surface area (Å²) in [5, 5.41) is 1.55. The Bertz CT molecular complexity index is 348. The summed E-state index contributed by atoms with van der Waals surface area (Å²) < 4.78 is 0. The van der Waals surface area contributed by atoms with Crippen LogP contribution in [-0.4, -0.2) is 4.98 Å². The van der Waals surface area contributed by atoms with E-state index in [-0.39, 0.29) is 0 Å². The molecule has 0 radical (unpaired) electrons. The van der Waals surface area contributed by atoms with Crippen LogP contribution in [0.25, 0.3) is 0 Å². The third-order valence-corrected chi connectivity index (χ3v) is 2.11. The van der Waals surface area contributed by atoms with E-state index in [0.717, 1.165) is 17.8 Å². The molecule has 0 aliphatic rings. The molecule has 1 aromatic heterocycles. The lowest BCUT2D eigenvalue weighted by molar-refractivity contribution is 0.645. The van der Waals surface area contributed by atoms with Gasteiger partial charge in [-0.15, -0.1) is 0 Å². The molecule has 0 spiro atoms. The lowest BCUT2D eigenvalue weighted by atomic mass is 10.1. The molecular weight excluding hydrogens is 198 g/mol. The first-order chi connectivity index (χ1) is 7.49. The maximum atomic E-state index is 5.84. The Balaban J connectivity index is 2.74. The van der Waals surface area contributed by atoms with Crippen LogP contribution in [0.15, 0.2) is 30.1 Å². The van der Waals surface area contributed by atoms with Gasteiger partial charge in [0, 0.05) is 12.4 Å². The summed E-state index contributed by atoms with van der Waals surface area (Å²) in [6.07, 6.45) is 4.82. The average Bonchev–Trinajstić information content (AvgIpc) is 2.16. The van der Waals surface area contributed by atoms with Gasteiger partial charge in [0.2, 0.25) is 0 Å². The summed E-state index contributed by atoms with van der Waals surface area (Å²) in [7, 11) is 0. The second-order valence-electron chi connectivity index (χ2n) is 4.74. The number of hydrogen-bond acceptors (Lipinski definition) is 3. The Morgan fingerprint density at radius 1 is 1.44 bits per heavy atom. The van der Waals surface area contributed by atoms with Crippen LogP contribution in [0.2, 0.25) is 0 Å². The maximum Gasteiger partial charge on any atom is 0.146 e. The fourth-order valence-electron chi connectivity index (χ4n) is 1.51. The zero-order valence-electron chi connectivity index (χ0n) is 10.6. The van der Waals surface area contributed by atoms with E-state index in [1.54, 1.807) is 5.01 Å². The van der Waals surface area contributed by atoms with Crippen molar-refractivity contribution in [1.82, 2.24) is 4.98 Å². The van der Waals surface area contributed by atoms with Crippen molar-refractivity contribution in [2.24, 2.45) is 11.8 Å². The number of pyridine rings is 1. The SMILES string of the molecule is CC(C)=CN(N)c1ccc(CC(C)C)cn1. The average molecular weight is 219 g/mol. The Hall–Kier alpha value is -1.35. The highest BCUT2D eigenvalue weighted by molar-refractivity contribution is 5.41. The molecule has 0 aliphatic carbocycles. The molecule has 1 heterocycles. The quantitative estimate of drug-likeness (QED) is 0.625. The fourth-order valence-corrected chi connectivity index (χ4v) is 1.51. The van der Waals surface area contributed by atoms with E-state index in [1.807, 2.05) is 32.3 Å². The van der Waals surface area contributed by atoms with Crippen molar-refractivity contribution >= 4 is 5.82 Å². The van der Waals surface area contributed by atoms with Crippen molar-refractivity contribution in [3.8, 4) is 0 Å². The number of hydrogen-bond donors (Lipinski definition) is 1. The smallest absolute Gasteiger partial charge is 0.146 e. The van der Waals surface area contributed by atoms with Gasteiger partial charge in [-0.2, -0.15) is 0 Å². The van der Waals surface area contributed by atoms with Crippen LogP contribution in [0.4, 0.5) is 5.82 Å². The van der Waals surface area contributed by atoms with E-state index in [2.05, 4.69) is 24.9 Å². The molecule has 16 heavy (non-hydrogen) atoms. The Kier molecular flexibility index (Phi) is 4.50. The zero-order valence-corrected chi connectivity index (χ0v) is 10.6. The first kappa shape index (κ1) is 12.7. The van der Waals surface area contributed by atoms with E-state index in [4.69, 9.17) is 5.84 Å². The van der Waals surface area contributed by atoms with Gasteiger partial charge in [-0.3, -0.25) is 5.01 Å². The van der Waals surface area contributed by atoms with Crippen molar-refractivity contribution in [1.29, 1.82) is 0 Å². The van der Waals surface area contributed by atoms with E-state index < -0.39 is 0 Å². The normalized spacial score (nSPS) is 10.4. The number of allylic oxidation sites excluding steroid dienone is 1. The van der Waals surface area contributed by atoms with Crippen LogP contribution in [0.5, 0.6) is 0 Å². The molecule has 0 atom stereocenters. The van der Waals surface area contributed by atoms with Crippen molar-refractivity contribution < 1.29 is 0 Å². The topological polar surface area (TPSA) is 42.1 Å². The minimum absolute atomic E-state index is 0.652. The third-order valence-electron chi connectivity index (χ3n) is 2.11. The molecule has 1 rings (SSSR count). The van der Waals surface area contributed by atoms with Crippen LogP contribution in [0, 0.1) is 5.92 Å². The first-order valence-electron chi connectivity index (χ1n) is 5.63. The molecule has 1 aromatic rings. The van der Waals surface area contributed by atoms with Gasteiger partial charge >= 0.3 is 0 Å². The van der Waals surface area contributed by atoms with Crippen LogP contribution in [-0.2, 0) is 6.42 Å². The molecule has 0 aliphatic heterocycles. The van der Waals surface area contributed by atoms with Crippen LogP contribution < -0.4 is 10.9 Å². The van der Waals surface area contributed by atoms with Crippen LogP contribution in [0.3, 0.4) is 0 Å². The van der Waals surface area contributed by atoms with Crippen molar-refractivity contribution in [2.45, 2.75) is 34.1 Å². The molecule has 0 amide bonds. The number of rotatable bonds is 4. The van der Waals surface area contributed by atoms with Gasteiger partial charge in [-0.25, -0.2) is 10.8 Å². The van der Waals surface area contributed by atoms with Crippen LogP contribution >= 0.6 is 0 Å². The van der Waals surface area contributed by atoms with Gasteiger partial charge in [0.1, 0.15) is 5.82 Å². The van der Waals surface area contributed by atoms with Gasteiger partial charge in [0.05, 0.1) is 0 Å². The maximum absolute atomic E-state index is 5.84. The second-order valence-corrected chi connectivity index (χ2v) is 4.74. The summed E-state index contributed by atoms with van der Waals surface area (Å²) in [5.41, 5.74) is 2.40. The van der Waals surface area contributed by atoms with E-state index in [1.165, 1.54) is 5.56 Å². The van der Waals surface area contributed by atoms with Gasteiger partial charge in [0.25, 0.3) is 0 Å². The molecule has 3 heteroatoms. The summed E-state index contributed by atoms with van der Waals surface area (Å²) in [4.78, 5) is 4.34. The van der Waals surface area contributed by atoms with Gasteiger partial charge in [-0.1, -0.05) is 25.5 Å².